The molecule has 2 aromatic heterocycles. The standard InChI is InChI=1S/C18H22BrClN4O4.C18H24BrClN4O2.C4H8O2/c1-18(2,3)28-17(25)22-9-5-4-8-21-14-12-10-11(19)6-7-13(12)23-16(20)15(14)24(26)27;1-18(2,3)26-17(25)23-9-5-4-8-22-15-12-10-11(19)6-7-13(12)24-16(20)14(15)21;1-3-6-4(2)5/h6-7,10H,4-5,8-9H2,1-3H3,(H,21,23)(H,22,25);6-7,10H,4-5,8-9,21H2,1-3H3,(H,22,24)(H,23,25);3H2,1-2H3. The van der Waals surface area contributed by atoms with Crippen LogP contribution >= 0.6 is 55.1 Å². The van der Waals surface area contributed by atoms with Gasteiger partial charge in [0.2, 0.25) is 5.15 Å². The van der Waals surface area contributed by atoms with Crippen LogP contribution in [0.2, 0.25) is 10.3 Å². The van der Waals surface area contributed by atoms with E-state index in [2.05, 4.69) is 67.8 Å². The van der Waals surface area contributed by atoms with Crippen LogP contribution in [0.1, 0.15) is 81.1 Å². The predicted octanol–water partition coefficient (Wildman–Crippen LogP) is 10.8. The Morgan fingerprint density at radius 3 is 1.57 bits per heavy atom. The Hall–Kier alpha value is -4.39. The van der Waals surface area contributed by atoms with Crippen molar-refractivity contribution in [2.24, 2.45) is 0 Å². The quantitative estimate of drug-likeness (QED) is 0.0198. The molecular weight excluding hydrogens is 951 g/mol. The highest BCUT2D eigenvalue weighted by Crippen LogP contribution is 2.38. The third-order valence-corrected chi connectivity index (χ3v) is 9.03. The van der Waals surface area contributed by atoms with E-state index in [0.717, 1.165) is 38.4 Å². The lowest BCUT2D eigenvalue weighted by atomic mass is 10.1. The number of anilines is 3. The lowest BCUT2D eigenvalue weighted by Gasteiger charge is -2.19. The first-order valence-corrected chi connectivity index (χ1v) is 21.4. The number of hydrogen-bond donors (Lipinski definition) is 5. The number of nitro groups is 1. The molecule has 6 N–H and O–H groups in total. The molecular formula is C40H54Br2Cl2N8O8. The number of carbonyl (C=O) groups is 3. The molecule has 2 aromatic carbocycles. The van der Waals surface area contributed by atoms with Gasteiger partial charge in [0.05, 0.1) is 33.9 Å². The smallest absolute Gasteiger partial charge is 0.407 e. The Bertz CT molecular complexity index is 2100. The molecule has 4 rings (SSSR count). The second-order valence-corrected chi connectivity index (χ2v) is 17.5. The van der Waals surface area contributed by atoms with E-state index in [-0.39, 0.29) is 22.0 Å². The van der Waals surface area contributed by atoms with Crippen LogP contribution < -0.4 is 27.0 Å². The number of unbranched alkanes of at least 4 members (excludes halogenated alkanes) is 2. The summed E-state index contributed by atoms with van der Waals surface area (Å²) in [7, 11) is 0. The summed E-state index contributed by atoms with van der Waals surface area (Å²) >= 11 is 19.0. The number of pyridine rings is 2. The Kier molecular flexibility index (Phi) is 21.4. The number of nitrogens with zero attached hydrogens (tertiary/aromatic N) is 3. The summed E-state index contributed by atoms with van der Waals surface area (Å²) in [5.41, 5.74) is 7.70. The van der Waals surface area contributed by atoms with Gasteiger partial charge in [-0.2, -0.15) is 0 Å². The fourth-order valence-corrected chi connectivity index (χ4v) is 6.25. The van der Waals surface area contributed by atoms with Crippen molar-refractivity contribution in [2.75, 3.05) is 49.2 Å². The molecule has 0 aliphatic carbocycles. The van der Waals surface area contributed by atoms with Gasteiger partial charge in [0, 0.05) is 52.8 Å². The SMILES string of the molecule is CC(C)(C)OC(=O)NCCCCNc1c(N)c(Cl)nc2ccc(Br)cc12.CC(C)(C)OC(=O)NCCCCNc1c([N+](=O)[O-])c(Cl)nc2ccc(Br)cc12.CCOC(C)=O. The van der Waals surface area contributed by atoms with E-state index in [1.165, 1.54) is 6.92 Å². The van der Waals surface area contributed by atoms with Gasteiger partial charge in [-0.1, -0.05) is 55.1 Å². The number of halogens is 4. The van der Waals surface area contributed by atoms with Crippen molar-refractivity contribution in [1.82, 2.24) is 20.6 Å². The van der Waals surface area contributed by atoms with Crippen molar-refractivity contribution in [1.29, 1.82) is 0 Å². The van der Waals surface area contributed by atoms with E-state index in [9.17, 15) is 24.5 Å². The third-order valence-electron chi connectivity index (χ3n) is 7.49. The van der Waals surface area contributed by atoms with Crippen LogP contribution in [-0.4, -0.2) is 77.0 Å². The van der Waals surface area contributed by atoms with Gasteiger partial charge in [-0.25, -0.2) is 19.6 Å². The van der Waals surface area contributed by atoms with Crippen LogP contribution in [0.15, 0.2) is 45.3 Å². The fourth-order valence-electron chi connectivity index (χ4n) is 5.09. The van der Waals surface area contributed by atoms with Gasteiger partial charge >= 0.3 is 23.8 Å². The van der Waals surface area contributed by atoms with E-state index in [1.54, 1.807) is 45.9 Å². The molecule has 0 aliphatic rings. The summed E-state index contributed by atoms with van der Waals surface area (Å²) in [5, 5.41) is 25.0. The largest absolute Gasteiger partial charge is 0.466 e. The number of carbonyl (C=O) groups excluding carboxylic acids is 3. The van der Waals surface area contributed by atoms with Crippen molar-refractivity contribution in [3.63, 3.8) is 0 Å². The maximum absolute atomic E-state index is 11.6. The molecule has 0 saturated carbocycles. The van der Waals surface area contributed by atoms with Crippen LogP contribution in [0.25, 0.3) is 21.8 Å². The molecule has 0 saturated heterocycles. The van der Waals surface area contributed by atoms with Crippen LogP contribution in [0.5, 0.6) is 0 Å². The molecule has 20 heteroatoms. The van der Waals surface area contributed by atoms with Crippen LogP contribution in [0.4, 0.5) is 32.3 Å². The molecule has 0 radical (unpaired) electrons. The molecule has 60 heavy (non-hydrogen) atoms. The molecule has 0 aliphatic heterocycles. The molecule has 0 atom stereocenters. The zero-order valence-electron chi connectivity index (χ0n) is 35.0. The number of rotatable bonds is 14. The lowest BCUT2D eigenvalue weighted by molar-refractivity contribution is -0.384. The van der Waals surface area contributed by atoms with Gasteiger partial charge in [-0.05, 0) is 111 Å². The van der Waals surface area contributed by atoms with E-state index >= 15 is 0 Å². The number of nitrogen functional groups attached to an aromatic ring is 1. The molecule has 330 valence electrons. The summed E-state index contributed by atoms with van der Waals surface area (Å²) in [5.74, 6) is -0.211. The lowest BCUT2D eigenvalue weighted by Crippen LogP contribution is -2.33. The van der Waals surface area contributed by atoms with Crippen molar-refractivity contribution in [3.8, 4) is 0 Å². The number of alkyl carbamates (subject to hydrolysis) is 2. The maximum atomic E-state index is 11.6. The summed E-state index contributed by atoms with van der Waals surface area (Å²) < 4.78 is 16.5. The van der Waals surface area contributed by atoms with Gasteiger partial charge in [0.25, 0.3) is 0 Å². The van der Waals surface area contributed by atoms with E-state index < -0.39 is 28.3 Å². The Balaban J connectivity index is 0.000000365. The normalized spacial score (nSPS) is 11.0. The Labute approximate surface area is 377 Å². The van der Waals surface area contributed by atoms with Gasteiger partial charge in [-0.3, -0.25) is 14.9 Å². The number of benzene rings is 2. The minimum Gasteiger partial charge on any atom is -0.466 e. The van der Waals surface area contributed by atoms with Gasteiger partial charge in [0.15, 0.2) is 5.15 Å². The first kappa shape index (κ1) is 51.8. The summed E-state index contributed by atoms with van der Waals surface area (Å²) in [4.78, 5) is 52.3. The van der Waals surface area contributed by atoms with Crippen LogP contribution in [0, 0.1) is 10.1 Å². The van der Waals surface area contributed by atoms with E-state index in [1.807, 2.05) is 39.0 Å². The number of aromatic nitrogens is 2. The fraction of sp³-hybridized carbons (Fsp3) is 0.475. The molecule has 2 heterocycles. The number of ether oxygens (including phenoxy) is 3. The molecule has 0 bridgehead atoms. The number of esters is 1. The second-order valence-electron chi connectivity index (χ2n) is 14.9. The highest BCUT2D eigenvalue weighted by molar-refractivity contribution is 9.10. The molecule has 0 unspecified atom stereocenters. The molecule has 4 aromatic rings. The number of amides is 2. The van der Waals surface area contributed by atoms with Crippen LogP contribution in [-0.2, 0) is 19.0 Å². The van der Waals surface area contributed by atoms with Gasteiger partial charge < -0.3 is 41.2 Å². The molecule has 0 fully saturated rings. The zero-order chi connectivity index (χ0) is 45.2. The van der Waals surface area contributed by atoms with E-state index in [4.69, 9.17) is 38.4 Å². The number of nitrogens with one attached hydrogen (secondary N) is 4. The molecule has 16 nitrogen and oxygen atoms in total. The topological polar surface area (TPSA) is 222 Å². The number of nitrogens with two attached hydrogens (primary N) is 1. The zero-order valence-corrected chi connectivity index (χ0v) is 39.7. The number of fused-ring (bicyclic) bond motifs is 2. The van der Waals surface area contributed by atoms with Crippen molar-refractivity contribution < 1.29 is 33.5 Å². The monoisotopic (exact) mass is 1000 g/mol. The van der Waals surface area contributed by atoms with Crippen molar-refractivity contribution in [2.45, 2.75) is 92.3 Å². The molecule has 0 spiro atoms. The first-order chi connectivity index (χ1) is 28.0. The second kappa shape index (κ2) is 24.8. The first-order valence-electron chi connectivity index (χ1n) is 19.0. The average molecular weight is 1010 g/mol. The predicted molar refractivity (Wildman–Crippen MR) is 246 cm³/mol. The summed E-state index contributed by atoms with van der Waals surface area (Å²) in [6, 6.07) is 11.1. The summed E-state index contributed by atoms with van der Waals surface area (Å²) in [6.07, 6.45) is 2.17. The van der Waals surface area contributed by atoms with E-state index in [0.29, 0.717) is 67.9 Å². The Morgan fingerprint density at radius 1 is 0.750 bits per heavy atom. The van der Waals surface area contributed by atoms with Gasteiger partial charge in [0.1, 0.15) is 16.9 Å². The maximum Gasteiger partial charge on any atom is 0.407 e. The Morgan fingerprint density at radius 2 is 1.17 bits per heavy atom. The highest BCUT2D eigenvalue weighted by Gasteiger charge is 2.24. The van der Waals surface area contributed by atoms with Gasteiger partial charge in [-0.15, -0.1) is 0 Å². The summed E-state index contributed by atoms with van der Waals surface area (Å²) in [6.45, 7) is 16.7. The minimum atomic E-state index is -0.541. The van der Waals surface area contributed by atoms with Crippen molar-refractivity contribution in [3.05, 3.63) is 65.8 Å². The molecule has 2 amide bonds. The van der Waals surface area contributed by atoms with Crippen LogP contribution in [0.3, 0.4) is 0 Å². The average Bonchev–Trinajstić information content (AvgIpc) is 3.12. The third kappa shape index (κ3) is 18.9. The highest BCUT2D eigenvalue weighted by atomic mass is 79.9. The number of hydrogen-bond acceptors (Lipinski definition) is 13. The minimum absolute atomic E-state index is 0.158. The van der Waals surface area contributed by atoms with Crippen molar-refractivity contribution >= 4 is 118 Å².